The first-order valence-corrected chi connectivity index (χ1v) is 5.75. The third-order valence-corrected chi connectivity index (χ3v) is 2.72. The number of halogens is 2. The predicted octanol–water partition coefficient (Wildman–Crippen LogP) is 1.28. The second-order valence-electron chi connectivity index (χ2n) is 4.08. The highest BCUT2D eigenvalue weighted by Gasteiger charge is 2.19. The molecule has 1 aromatic rings. The fraction of sp³-hybridized carbons (Fsp3) is 0.364. The maximum Gasteiger partial charge on any atom is 0.307 e. The van der Waals surface area contributed by atoms with Crippen LogP contribution in [0.5, 0.6) is 0 Å². The minimum Gasteiger partial charge on any atom is -0.482 e. The van der Waals surface area contributed by atoms with Crippen molar-refractivity contribution in [2.24, 2.45) is 11.5 Å². The largest absolute Gasteiger partial charge is 0.482 e. The second-order valence-corrected chi connectivity index (χ2v) is 4.08. The predicted molar refractivity (Wildman–Crippen MR) is 70.1 cm³/mol. The molecule has 0 spiro atoms. The number of alkyl halides is 2. The van der Waals surface area contributed by atoms with E-state index >= 15 is 0 Å². The van der Waals surface area contributed by atoms with Crippen molar-refractivity contribution >= 4 is 5.69 Å². The van der Waals surface area contributed by atoms with Crippen molar-refractivity contribution < 1.29 is 18.4 Å². The molecule has 10 heteroatoms. The molecule has 0 saturated heterocycles. The molecular formula is C11H15F2N5O3. The van der Waals surface area contributed by atoms with E-state index in [1.54, 1.807) is 6.92 Å². The lowest BCUT2D eigenvalue weighted by Gasteiger charge is -2.16. The second kappa shape index (κ2) is 6.68. The Hall–Kier alpha value is -2.65. The molecule has 8 nitrogen and oxygen atoms in total. The Morgan fingerprint density at radius 1 is 1.57 bits per heavy atom. The molecular weight excluding hydrogens is 288 g/mol. The summed E-state index contributed by atoms with van der Waals surface area (Å²) >= 11 is 0. The lowest BCUT2D eigenvalue weighted by molar-refractivity contribution is -0.385. The minimum absolute atomic E-state index is 0.133. The van der Waals surface area contributed by atoms with Crippen LogP contribution in [0.2, 0.25) is 0 Å². The van der Waals surface area contributed by atoms with Gasteiger partial charge in [-0.1, -0.05) is 0 Å². The van der Waals surface area contributed by atoms with Crippen LogP contribution in [0.4, 0.5) is 14.5 Å². The highest BCUT2D eigenvalue weighted by Crippen LogP contribution is 2.23. The first kappa shape index (κ1) is 16.4. The molecule has 1 atom stereocenters. The van der Waals surface area contributed by atoms with Crippen LogP contribution in [0.15, 0.2) is 35.6 Å². The Balaban J connectivity index is 3.20. The first-order chi connectivity index (χ1) is 9.77. The van der Waals surface area contributed by atoms with Crippen LogP contribution in [0.25, 0.3) is 0 Å². The molecule has 116 valence electrons. The Bertz CT molecular complexity index is 582. The van der Waals surface area contributed by atoms with E-state index in [1.807, 2.05) is 0 Å². The third kappa shape index (κ3) is 3.91. The van der Waals surface area contributed by atoms with Gasteiger partial charge in [-0.2, -0.15) is 5.10 Å². The van der Waals surface area contributed by atoms with Crippen LogP contribution in [0, 0.1) is 10.1 Å². The molecule has 0 fully saturated rings. The van der Waals surface area contributed by atoms with Gasteiger partial charge in [0.05, 0.1) is 23.8 Å². The molecule has 4 N–H and O–H groups in total. The average molecular weight is 303 g/mol. The molecule has 1 heterocycles. The Kier molecular flexibility index (Phi) is 5.22. The van der Waals surface area contributed by atoms with Gasteiger partial charge < -0.3 is 16.2 Å². The SMILES string of the molecule is CO/C(N)=C(/C=C(\N)C(F)F)C(C)n1cc([N+](=O)[O-])cn1. The zero-order valence-electron chi connectivity index (χ0n) is 11.4. The van der Waals surface area contributed by atoms with Gasteiger partial charge in [0, 0.05) is 5.57 Å². The van der Waals surface area contributed by atoms with Crippen LogP contribution in [0.1, 0.15) is 13.0 Å². The number of methoxy groups -OCH3 is 1. The number of nitrogens with zero attached hydrogens (tertiary/aromatic N) is 3. The fourth-order valence-electron chi connectivity index (χ4n) is 1.53. The summed E-state index contributed by atoms with van der Waals surface area (Å²) in [6.45, 7) is 1.56. The number of rotatable bonds is 6. The highest BCUT2D eigenvalue weighted by molar-refractivity contribution is 5.30. The molecule has 1 unspecified atom stereocenters. The van der Waals surface area contributed by atoms with Gasteiger partial charge in [-0.15, -0.1) is 0 Å². The molecule has 0 aromatic carbocycles. The number of hydrogen-bond donors (Lipinski definition) is 2. The highest BCUT2D eigenvalue weighted by atomic mass is 19.3. The molecule has 1 rings (SSSR count). The molecule has 0 aliphatic rings. The molecule has 0 amide bonds. The van der Waals surface area contributed by atoms with Crippen molar-refractivity contribution in [2.75, 3.05) is 7.11 Å². The van der Waals surface area contributed by atoms with Crippen LogP contribution in [-0.2, 0) is 4.74 Å². The Morgan fingerprint density at radius 2 is 2.19 bits per heavy atom. The van der Waals surface area contributed by atoms with Gasteiger partial charge in [0.1, 0.15) is 12.4 Å². The minimum atomic E-state index is -2.86. The van der Waals surface area contributed by atoms with Crippen molar-refractivity contribution in [3.63, 3.8) is 0 Å². The number of ether oxygens (including phenoxy) is 1. The monoisotopic (exact) mass is 303 g/mol. The average Bonchev–Trinajstić information content (AvgIpc) is 2.92. The van der Waals surface area contributed by atoms with E-state index < -0.39 is 23.1 Å². The van der Waals surface area contributed by atoms with E-state index in [0.29, 0.717) is 0 Å². The van der Waals surface area contributed by atoms with Gasteiger partial charge in [-0.3, -0.25) is 14.8 Å². The quantitative estimate of drug-likeness (QED) is 0.353. The molecule has 0 bridgehead atoms. The van der Waals surface area contributed by atoms with Gasteiger partial charge in [0.2, 0.25) is 0 Å². The number of allylic oxidation sites excluding steroid dienone is 3. The van der Waals surface area contributed by atoms with E-state index in [2.05, 4.69) is 5.10 Å². The maximum absolute atomic E-state index is 12.5. The molecule has 0 aliphatic carbocycles. The van der Waals surface area contributed by atoms with E-state index in [4.69, 9.17) is 16.2 Å². The summed E-state index contributed by atoms with van der Waals surface area (Å²) in [6, 6.07) is -0.684. The third-order valence-electron chi connectivity index (χ3n) is 2.72. The van der Waals surface area contributed by atoms with Gasteiger partial charge in [0.15, 0.2) is 5.88 Å². The van der Waals surface area contributed by atoms with E-state index in [-0.39, 0.29) is 17.1 Å². The van der Waals surface area contributed by atoms with Crippen LogP contribution < -0.4 is 11.5 Å². The zero-order valence-corrected chi connectivity index (χ0v) is 11.4. The zero-order chi connectivity index (χ0) is 16.2. The molecule has 0 saturated carbocycles. The standard InChI is InChI=1S/C11H15F2N5O3/c1-6(17-5-7(4-16-17)18(19)20)8(11(15)21-2)3-9(14)10(12)13/h3-6,10H,14-15H2,1-2H3/b9-3-,11-8-. The van der Waals surface area contributed by atoms with Crippen LogP contribution in [-0.4, -0.2) is 28.2 Å². The summed E-state index contributed by atoms with van der Waals surface area (Å²) in [5, 5.41) is 14.4. The van der Waals surface area contributed by atoms with Crippen LogP contribution in [0.3, 0.4) is 0 Å². The van der Waals surface area contributed by atoms with E-state index in [9.17, 15) is 18.9 Å². The van der Waals surface area contributed by atoms with Gasteiger partial charge in [-0.25, -0.2) is 8.78 Å². The smallest absolute Gasteiger partial charge is 0.307 e. The summed E-state index contributed by atoms with van der Waals surface area (Å²) < 4.78 is 31.1. The van der Waals surface area contributed by atoms with Gasteiger partial charge >= 0.3 is 5.69 Å². The number of hydrogen-bond acceptors (Lipinski definition) is 6. The lowest BCUT2D eigenvalue weighted by atomic mass is 10.1. The molecule has 0 aliphatic heterocycles. The number of aromatic nitrogens is 2. The first-order valence-electron chi connectivity index (χ1n) is 5.75. The molecule has 1 aromatic heterocycles. The molecule has 21 heavy (non-hydrogen) atoms. The maximum atomic E-state index is 12.5. The summed E-state index contributed by atoms with van der Waals surface area (Å²) in [5.74, 6) is -0.135. The fourth-order valence-corrected chi connectivity index (χ4v) is 1.53. The summed E-state index contributed by atoms with van der Waals surface area (Å²) in [6.07, 6.45) is 0.308. The number of nitrogens with two attached hydrogens (primary N) is 2. The van der Waals surface area contributed by atoms with E-state index in [1.165, 1.54) is 11.8 Å². The summed E-state index contributed by atoms with van der Waals surface area (Å²) in [7, 11) is 1.26. The van der Waals surface area contributed by atoms with Gasteiger partial charge in [0.25, 0.3) is 6.43 Å². The summed E-state index contributed by atoms with van der Waals surface area (Å²) in [4.78, 5) is 10.0. The van der Waals surface area contributed by atoms with Crippen molar-refractivity contribution in [2.45, 2.75) is 19.4 Å². The van der Waals surface area contributed by atoms with Crippen molar-refractivity contribution in [1.29, 1.82) is 0 Å². The topological polar surface area (TPSA) is 122 Å². The number of nitro groups is 1. The molecule has 0 radical (unpaired) electrons. The Labute approximate surface area is 118 Å². The van der Waals surface area contributed by atoms with Crippen molar-refractivity contribution in [3.8, 4) is 0 Å². The lowest BCUT2D eigenvalue weighted by Crippen LogP contribution is -2.17. The van der Waals surface area contributed by atoms with Crippen LogP contribution >= 0.6 is 0 Å². The van der Waals surface area contributed by atoms with Crippen molar-refractivity contribution in [3.05, 3.63) is 45.7 Å². The normalized spacial score (nSPS) is 14.8. The van der Waals surface area contributed by atoms with Gasteiger partial charge in [-0.05, 0) is 13.0 Å². The summed E-state index contributed by atoms with van der Waals surface area (Å²) in [5.41, 5.74) is 10.0. The Morgan fingerprint density at radius 3 is 2.62 bits per heavy atom. The van der Waals surface area contributed by atoms with E-state index in [0.717, 1.165) is 18.5 Å². The van der Waals surface area contributed by atoms with Crippen molar-refractivity contribution in [1.82, 2.24) is 9.78 Å².